The predicted octanol–water partition coefficient (Wildman–Crippen LogP) is 3.50. The van der Waals surface area contributed by atoms with Crippen molar-refractivity contribution in [1.82, 2.24) is 10.3 Å². The Bertz CT molecular complexity index is 1150. The van der Waals surface area contributed by atoms with Gasteiger partial charge in [0, 0.05) is 16.3 Å². The van der Waals surface area contributed by atoms with E-state index >= 15 is 0 Å². The van der Waals surface area contributed by atoms with Gasteiger partial charge in [-0.25, -0.2) is 13.4 Å². The molecule has 0 bridgehead atoms. The third-order valence-corrected chi connectivity index (χ3v) is 7.56. The van der Waals surface area contributed by atoms with Crippen LogP contribution >= 0.6 is 11.3 Å². The van der Waals surface area contributed by atoms with Crippen molar-refractivity contribution in [3.63, 3.8) is 0 Å². The van der Waals surface area contributed by atoms with Gasteiger partial charge in [-0.1, -0.05) is 11.6 Å². The second-order valence-corrected chi connectivity index (χ2v) is 10.6. The quantitative estimate of drug-likeness (QED) is 0.730. The normalized spacial score (nSPS) is 18.7. The SMILES string of the molecule is Cc1ccc2nc(-c3ccc(C)s3)cc(C(=O)NC3CCS(=O)(=O)C3)c2c1. The van der Waals surface area contributed by atoms with E-state index < -0.39 is 9.84 Å². The molecule has 3 aromatic rings. The van der Waals surface area contributed by atoms with Crippen LogP contribution in [0, 0.1) is 13.8 Å². The van der Waals surface area contributed by atoms with Gasteiger partial charge >= 0.3 is 0 Å². The summed E-state index contributed by atoms with van der Waals surface area (Å²) in [5.41, 5.74) is 3.09. The van der Waals surface area contributed by atoms with E-state index in [-0.39, 0.29) is 23.5 Å². The van der Waals surface area contributed by atoms with Gasteiger partial charge in [0.2, 0.25) is 0 Å². The minimum atomic E-state index is -3.05. The number of amides is 1. The molecule has 1 amide bonds. The second kappa shape index (κ2) is 6.73. The molecule has 1 fully saturated rings. The minimum absolute atomic E-state index is 0.0117. The van der Waals surface area contributed by atoms with Crippen molar-refractivity contribution in [1.29, 1.82) is 0 Å². The van der Waals surface area contributed by atoms with Crippen molar-refractivity contribution in [2.45, 2.75) is 26.3 Å². The van der Waals surface area contributed by atoms with Gasteiger partial charge in [-0.2, -0.15) is 0 Å². The lowest BCUT2D eigenvalue weighted by atomic mass is 10.0. The van der Waals surface area contributed by atoms with E-state index in [0.29, 0.717) is 12.0 Å². The first-order valence-electron chi connectivity index (χ1n) is 8.80. The van der Waals surface area contributed by atoms with Gasteiger partial charge in [0.25, 0.3) is 5.91 Å². The highest BCUT2D eigenvalue weighted by Gasteiger charge is 2.29. The number of nitrogens with zero attached hydrogens (tertiary/aromatic N) is 1. The van der Waals surface area contributed by atoms with Crippen LogP contribution in [-0.4, -0.2) is 36.9 Å². The van der Waals surface area contributed by atoms with E-state index in [0.717, 1.165) is 27.0 Å². The molecule has 1 aromatic carbocycles. The zero-order valence-corrected chi connectivity index (χ0v) is 16.8. The Morgan fingerprint density at radius 3 is 2.67 bits per heavy atom. The molecule has 0 radical (unpaired) electrons. The molecule has 0 aliphatic carbocycles. The van der Waals surface area contributed by atoms with Crippen LogP contribution in [0.4, 0.5) is 0 Å². The number of hydrogen-bond donors (Lipinski definition) is 1. The number of aryl methyl sites for hydroxylation is 2. The molecule has 1 atom stereocenters. The number of benzene rings is 1. The van der Waals surface area contributed by atoms with Gasteiger partial charge in [0.15, 0.2) is 9.84 Å². The van der Waals surface area contributed by atoms with E-state index in [1.807, 2.05) is 50.2 Å². The van der Waals surface area contributed by atoms with Gasteiger partial charge in [-0.15, -0.1) is 11.3 Å². The topological polar surface area (TPSA) is 76.1 Å². The van der Waals surface area contributed by atoms with Crippen molar-refractivity contribution >= 4 is 38.0 Å². The standard InChI is InChI=1S/C20H20N2O3S2/c1-12-3-5-17-15(9-12)16(10-18(22-17)19-6-4-13(2)26-19)20(23)21-14-7-8-27(24,25)11-14/h3-6,9-10,14H,7-8,11H2,1-2H3,(H,21,23). The molecule has 7 heteroatoms. The Hall–Kier alpha value is -2.25. The summed E-state index contributed by atoms with van der Waals surface area (Å²) in [6, 6.07) is 11.4. The first-order chi connectivity index (χ1) is 12.8. The first kappa shape index (κ1) is 18.1. The van der Waals surface area contributed by atoms with Crippen LogP contribution < -0.4 is 5.32 Å². The fraction of sp³-hybridized carbons (Fsp3) is 0.300. The lowest BCUT2D eigenvalue weighted by Crippen LogP contribution is -2.35. The highest BCUT2D eigenvalue weighted by atomic mass is 32.2. The molecule has 1 aliphatic rings. The third-order valence-electron chi connectivity index (χ3n) is 4.77. The number of carbonyl (C=O) groups excluding carboxylic acids is 1. The van der Waals surface area contributed by atoms with Crippen LogP contribution in [0.5, 0.6) is 0 Å². The number of hydrogen-bond acceptors (Lipinski definition) is 5. The molecule has 3 heterocycles. The molecule has 0 saturated carbocycles. The fourth-order valence-electron chi connectivity index (χ4n) is 3.40. The van der Waals surface area contributed by atoms with E-state index in [1.165, 1.54) is 4.88 Å². The maximum Gasteiger partial charge on any atom is 0.252 e. The number of nitrogens with one attached hydrogen (secondary N) is 1. The number of aromatic nitrogens is 1. The Balaban J connectivity index is 1.77. The monoisotopic (exact) mass is 400 g/mol. The fourth-order valence-corrected chi connectivity index (χ4v) is 5.90. The van der Waals surface area contributed by atoms with E-state index in [9.17, 15) is 13.2 Å². The molecule has 0 spiro atoms. The molecular formula is C20H20N2O3S2. The second-order valence-electron chi connectivity index (χ2n) is 7.06. The summed E-state index contributed by atoms with van der Waals surface area (Å²) >= 11 is 1.63. The molecule has 1 unspecified atom stereocenters. The van der Waals surface area contributed by atoms with Crippen molar-refractivity contribution in [2.24, 2.45) is 0 Å². The van der Waals surface area contributed by atoms with Gasteiger partial charge in [-0.05, 0) is 50.6 Å². The Morgan fingerprint density at radius 1 is 1.19 bits per heavy atom. The first-order valence-corrected chi connectivity index (χ1v) is 11.4. The average molecular weight is 401 g/mol. The van der Waals surface area contributed by atoms with Crippen LogP contribution in [-0.2, 0) is 9.84 Å². The number of rotatable bonds is 3. The Morgan fingerprint density at radius 2 is 2.00 bits per heavy atom. The van der Waals surface area contributed by atoms with Crippen LogP contribution in [0.1, 0.15) is 27.2 Å². The lowest BCUT2D eigenvalue weighted by Gasteiger charge is -2.14. The van der Waals surface area contributed by atoms with Crippen molar-refractivity contribution in [3.8, 4) is 10.6 Å². The molecule has 27 heavy (non-hydrogen) atoms. The number of sulfone groups is 1. The maximum atomic E-state index is 13.0. The van der Waals surface area contributed by atoms with E-state index in [1.54, 1.807) is 11.3 Å². The van der Waals surface area contributed by atoms with Gasteiger partial charge in [-0.3, -0.25) is 4.79 Å². The summed E-state index contributed by atoms with van der Waals surface area (Å²) in [6.07, 6.45) is 0.465. The maximum absolute atomic E-state index is 13.0. The zero-order chi connectivity index (χ0) is 19.2. The summed E-state index contributed by atoms with van der Waals surface area (Å²) in [5, 5.41) is 3.69. The summed E-state index contributed by atoms with van der Waals surface area (Å²) < 4.78 is 23.4. The Kier molecular flexibility index (Phi) is 4.52. The zero-order valence-electron chi connectivity index (χ0n) is 15.2. The highest BCUT2D eigenvalue weighted by Crippen LogP contribution is 2.30. The molecule has 1 saturated heterocycles. The summed E-state index contributed by atoms with van der Waals surface area (Å²) in [7, 11) is -3.05. The Labute approximate surface area is 162 Å². The lowest BCUT2D eigenvalue weighted by molar-refractivity contribution is 0.0943. The van der Waals surface area contributed by atoms with Crippen molar-refractivity contribution in [3.05, 3.63) is 52.4 Å². The molecule has 140 valence electrons. The summed E-state index contributed by atoms with van der Waals surface area (Å²) in [4.78, 5) is 19.9. The van der Waals surface area contributed by atoms with Crippen LogP contribution in [0.25, 0.3) is 21.5 Å². The number of fused-ring (bicyclic) bond motifs is 1. The molecular weight excluding hydrogens is 380 g/mol. The van der Waals surface area contributed by atoms with Crippen LogP contribution in [0.3, 0.4) is 0 Å². The number of pyridine rings is 1. The number of carbonyl (C=O) groups is 1. The highest BCUT2D eigenvalue weighted by molar-refractivity contribution is 7.91. The third kappa shape index (κ3) is 3.75. The van der Waals surface area contributed by atoms with Crippen molar-refractivity contribution < 1.29 is 13.2 Å². The largest absolute Gasteiger partial charge is 0.348 e. The molecule has 1 N–H and O–H groups in total. The van der Waals surface area contributed by atoms with Crippen molar-refractivity contribution in [2.75, 3.05) is 11.5 Å². The smallest absolute Gasteiger partial charge is 0.252 e. The average Bonchev–Trinajstić information content (AvgIpc) is 3.19. The van der Waals surface area contributed by atoms with Crippen LogP contribution in [0.2, 0.25) is 0 Å². The minimum Gasteiger partial charge on any atom is -0.348 e. The van der Waals surface area contributed by atoms with Gasteiger partial charge < -0.3 is 5.32 Å². The summed E-state index contributed by atoms with van der Waals surface area (Å²) in [5.74, 6) is -0.101. The molecule has 4 rings (SSSR count). The predicted molar refractivity (Wildman–Crippen MR) is 109 cm³/mol. The van der Waals surface area contributed by atoms with E-state index in [4.69, 9.17) is 4.98 Å². The van der Waals surface area contributed by atoms with Crippen LogP contribution in [0.15, 0.2) is 36.4 Å². The molecule has 5 nitrogen and oxygen atoms in total. The van der Waals surface area contributed by atoms with Gasteiger partial charge in [0.1, 0.15) is 0 Å². The summed E-state index contributed by atoms with van der Waals surface area (Å²) in [6.45, 7) is 4.01. The molecule has 2 aromatic heterocycles. The van der Waals surface area contributed by atoms with Gasteiger partial charge in [0.05, 0.1) is 33.2 Å². The van der Waals surface area contributed by atoms with E-state index in [2.05, 4.69) is 5.32 Å². The number of thiophene rings is 1. The molecule has 1 aliphatic heterocycles.